The molecule has 0 aliphatic carbocycles. The van der Waals surface area contributed by atoms with Gasteiger partial charge in [-0.3, -0.25) is 0 Å². The Labute approximate surface area is 56.0 Å². The maximum absolute atomic E-state index is 10.1. The lowest BCUT2D eigenvalue weighted by Crippen LogP contribution is -1.93. The van der Waals surface area contributed by atoms with Gasteiger partial charge in [-0.05, 0) is 0 Å². The molecule has 0 aromatic carbocycles. The second-order valence-electron chi connectivity index (χ2n) is 0.865. The SMILES string of the molecule is N#CCC(=O)OSS. The van der Waals surface area contributed by atoms with Gasteiger partial charge in [0, 0.05) is 0 Å². The summed E-state index contributed by atoms with van der Waals surface area (Å²) in [5.74, 6) is -0.563. The highest BCUT2D eigenvalue weighted by Crippen LogP contribution is 2.07. The van der Waals surface area contributed by atoms with E-state index in [1.165, 1.54) is 0 Å². The smallest absolute Gasteiger partial charge is 0.332 e. The average molecular weight is 149 g/mol. The van der Waals surface area contributed by atoms with Gasteiger partial charge in [-0.2, -0.15) is 5.26 Å². The zero-order chi connectivity index (χ0) is 6.41. The van der Waals surface area contributed by atoms with Gasteiger partial charge in [0.05, 0.1) is 6.07 Å². The van der Waals surface area contributed by atoms with Crippen molar-refractivity contribution in [2.24, 2.45) is 0 Å². The second-order valence-corrected chi connectivity index (χ2v) is 1.63. The minimum Gasteiger partial charge on any atom is -0.379 e. The van der Waals surface area contributed by atoms with Gasteiger partial charge in [0.25, 0.3) is 0 Å². The largest absolute Gasteiger partial charge is 0.379 e. The molecular weight excluding hydrogens is 146 g/mol. The van der Waals surface area contributed by atoms with E-state index < -0.39 is 5.97 Å². The summed E-state index contributed by atoms with van der Waals surface area (Å²) in [7, 11) is 0. The van der Waals surface area contributed by atoms with E-state index in [1.54, 1.807) is 6.07 Å². The Hall–Kier alpha value is -0.340. The number of hydrogen-bond acceptors (Lipinski definition) is 5. The van der Waals surface area contributed by atoms with Gasteiger partial charge in [0.1, 0.15) is 17.5 Å². The quantitative estimate of drug-likeness (QED) is 0.360. The maximum atomic E-state index is 10.1. The maximum Gasteiger partial charge on any atom is 0.332 e. The van der Waals surface area contributed by atoms with Crippen molar-refractivity contribution in [1.29, 1.82) is 5.26 Å². The summed E-state index contributed by atoms with van der Waals surface area (Å²) in [6.07, 6.45) is -0.215. The minimum atomic E-state index is -0.563. The molecule has 0 aromatic heterocycles. The first-order valence-electron chi connectivity index (χ1n) is 1.69. The third-order valence-corrected chi connectivity index (χ3v) is 0.838. The summed E-state index contributed by atoms with van der Waals surface area (Å²) >= 11 is 4.16. The summed E-state index contributed by atoms with van der Waals surface area (Å²) in [5.41, 5.74) is 0. The topological polar surface area (TPSA) is 50.1 Å². The van der Waals surface area contributed by atoms with Crippen LogP contribution in [0.1, 0.15) is 6.42 Å². The molecule has 5 heteroatoms. The predicted molar refractivity (Wildman–Crippen MR) is 32.9 cm³/mol. The van der Waals surface area contributed by atoms with E-state index in [0.717, 1.165) is 0 Å². The molecule has 0 saturated heterocycles. The van der Waals surface area contributed by atoms with Crippen molar-refractivity contribution in [3.05, 3.63) is 0 Å². The van der Waals surface area contributed by atoms with Crippen LogP contribution in [-0.2, 0) is 8.98 Å². The Morgan fingerprint density at radius 2 is 2.62 bits per heavy atom. The van der Waals surface area contributed by atoms with E-state index in [-0.39, 0.29) is 6.42 Å². The molecule has 0 aliphatic rings. The van der Waals surface area contributed by atoms with Crippen LogP contribution in [0.25, 0.3) is 0 Å². The molecule has 8 heavy (non-hydrogen) atoms. The first kappa shape index (κ1) is 7.66. The highest BCUT2D eigenvalue weighted by atomic mass is 33.1. The number of nitrogens with zero attached hydrogens (tertiary/aromatic N) is 1. The summed E-state index contributed by atoms with van der Waals surface area (Å²) in [6.45, 7) is 0. The van der Waals surface area contributed by atoms with Gasteiger partial charge in [0.15, 0.2) is 0 Å². The van der Waals surface area contributed by atoms with Crippen LogP contribution >= 0.6 is 22.7 Å². The van der Waals surface area contributed by atoms with Gasteiger partial charge in [0.2, 0.25) is 0 Å². The lowest BCUT2D eigenvalue weighted by Gasteiger charge is -1.88. The zero-order valence-electron chi connectivity index (χ0n) is 3.83. The molecule has 44 valence electrons. The van der Waals surface area contributed by atoms with Gasteiger partial charge in [-0.25, -0.2) is 4.79 Å². The number of rotatable bonds is 2. The fourth-order valence-corrected chi connectivity index (χ4v) is 0.527. The molecule has 0 rings (SSSR count). The summed E-state index contributed by atoms with van der Waals surface area (Å²) < 4.78 is 4.20. The molecule has 0 spiro atoms. The van der Waals surface area contributed by atoms with E-state index in [0.29, 0.717) is 11.1 Å². The molecule has 0 aliphatic heterocycles. The van der Waals surface area contributed by atoms with E-state index in [1.807, 2.05) is 0 Å². The molecule has 0 N–H and O–H groups in total. The minimum absolute atomic E-state index is 0.215. The van der Waals surface area contributed by atoms with Gasteiger partial charge >= 0.3 is 5.97 Å². The molecule has 3 nitrogen and oxygen atoms in total. The van der Waals surface area contributed by atoms with Crippen LogP contribution in [0, 0.1) is 11.3 Å². The van der Waals surface area contributed by atoms with Crippen LogP contribution in [0.5, 0.6) is 0 Å². The third kappa shape index (κ3) is 3.84. The second kappa shape index (κ2) is 4.81. The Kier molecular flexibility index (Phi) is 4.61. The van der Waals surface area contributed by atoms with Crippen molar-refractivity contribution < 1.29 is 8.98 Å². The van der Waals surface area contributed by atoms with Crippen LogP contribution in [0.2, 0.25) is 0 Å². The first-order chi connectivity index (χ1) is 3.81. The molecule has 0 bridgehead atoms. The monoisotopic (exact) mass is 149 g/mol. The van der Waals surface area contributed by atoms with Crippen molar-refractivity contribution in [3.63, 3.8) is 0 Å². The number of nitriles is 1. The van der Waals surface area contributed by atoms with E-state index >= 15 is 0 Å². The summed E-state index contributed by atoms with van der Waals surface area (Å²) in [5, 5.41) is 7.88. The number of carbonyl (C=O) groups is 1. The fraction of sp³-hybridized carbons (Fsp3) is 0.333. The standard InChI is InChI=1S/C3H3NO2S2/c4-2-1-3(5)6-8-7/h7H,1H2. The average Bonchev–Trinajstić information content (AvgIpc) is 1.68. The summed E-state index contributed by atoms with van der Waals surface area (Å²) in [6, 6.07) is 1.63. The molecule has 0 amide bonds. The molecular formula is C3H3NO2S2. The molecule has 0 heterocycles. The highest BCUT2D eigenvalue weighted by molar-refractivity contribution is 8.66. The fourth-order valence-electron chi connectivity index (χ4n) is 0.136. The molecule has 0 atom stereocenters. The first-order valence-corrected chi connectivity index (χ1v) is 3.48. The van der Waals surface area contributed by atoms with Crippen molar-refractivity contribution in [1.82, 2.24) is 0 Å². The Balaban J connectivity index is 3.23. The number of carbonyl (C=O) groups excluding carboxylic acids is 1. The molecule has 0 radical (unpaired) electrons. The van der Waals surface area contributed by atoms with Crippen LogP contribution in [0.3, 0.4) is 0 Å². The lowest BCUT2D eigenvalue weighted by molar-refractivity contribution is -0.131. The molecule has 0 saturated carbocycles. The Bertz CT molecular complexity index is 119. The third-order valence-electron chi connectivity index (χ3n) is 0.354. The van der Waals surface area contributed by atoms with Crippen LogP contribution in [0.4, 0.5) is 0 Å². The van der Waals surface area contributed by atoms with E-state index in [2.05, 4.69) is 15.8 Å². The van der Waals surface area contributed by atoms with Crippen molar-refractivity contribution >= 4 is 28.7 Å². The molecule has 0 unspecified atom stereocenters. The Morgan fingerprint density at radius 1 is 2.00 bits per heavy atom. The van der Waals surface area contributed by atoms with Crippen molar-refractivity contribution in [2.45, 2.75) is 6.42 Å². The predicted octanol–water partition coefficient (Wildman–Crippen LogP) is 0.936. The number of thiol groups is 1. The van der Waals surface area contributed by atoms with E-state index in [4.69, 9.17) is 5.26 Å². The van der Waals surface area contributed by atoms with E-state index in [9.17, 15) is 4.79 Å². The van der Waals surface area contributed by atoms with Gasteiger partial charge in [-0.15, -0.1) is 0 Å². The Morgan fingerprint density at radius 3 is 3.00 bits per heavy atom. The van der Waals surface area contributed by atoms with Crippen molar-refractivity contribution in [3.8, 4) is 6.07 Å². The van der Waals surface area contributed by atoms with Gasteiger partial charge < -0.3 is 4.18 Å². The molecule has 0 fully saturated rings. The zero-order valence-corrected chi connectivity index (χ0v) is 5.54. The van der Waals surface area contributed by atoms with Crippen LogP contribution in [0.15, 0.2) is 0 Å². The normalized spacial score (nSPS) is 7.50. The molecule has 0 aromatic rings. The van der Waals surface area contributed by atoms with Crippen molar-refractivity contribution in [2.75, 3.05) is 0 Å². The van der Waals surface area contributed by atoms with Gasteiger partial charge in [-0.1, -0.05) is 11.7 Å². The summed E-state index contributed by atoms with van der Waals surface area (Å²) in [4.78, 5) is 10.1. The van der Waals surface area contributed by atoms with Crippen LogP contribution in [-0.4, -0.2) is 5.97 Å². The van der Waals surface area contributed by atoms with Crippen LogP contribution < -0.4 is 0 Å². The lowest BCUT2D eigenvalue weighted by atomic mass is 10.5. The number of hydrogen-bond donors (Lipinski definition) is 1. The highest BCUT2D eigenvalue weighted by Gasteiger charge is 1.97.